The number of hydrogen-bond acceptors (Lipinski definition) is 3. The molecular weight excluding hydrogens is 205 g/mol. The van der Waals surface area contributed by atoms with Gasteiger partial charge in [0, 0.05) is 11.1 Å². The third-order valence-corrected chi connectivity index (χ3v) is 2.77. The summed E-state index contributed by atoms with van der Waals surface area (Å²) in [5.74, 6) is 5.21. The molecular formula is C12H14FN3. The Morgan fingerprint density at radius 3 is 2.81 bits per heavy atom. The van der Waals surface area contributed by atoms with Crippen LogP contribution in [0.1, 0.15) is 18.2 Å². The van der Waals surface area contributed by atoms with Crippen molar-refractivity contribution in [2.24, 2.45) is 5.84 Å². The molecule has 1 aromatic heterocycles. The Balaban J connectivity index is 2.84. The summed E-state index contributed by atoms with van der Waals surface area (Å²) < 4.78 is 13.2. The standard InChI is InChI=1S/C12H14FN3/c1-3-10-7(2)12(16-14)9-6-8(13)4-5-11(9)15-10/h4-6H,3,14H2,1-2H3,(H,15,16). The van der Waals surface area contributed by atoms with E-state index in [1.54, 1.807) is 6.07 Å². The van der Waals surface area contributed by atoms with Crippen LogP contribution in [0.4, 0.5) is 10.1 Å². The first-order valence-corrected chi connectivity index (χ1v) is 5.22. The smallest absolute Gasteiger partial charge is 0.124 e. The maximum Gasteiger partial charge on any atom is 0.124 e. The molecule has 0 aliphatic heterocycles. The number of hydrazine groups is 1. The number of aryl methyl sites for hydroxylation is 1. The third-order valence-electron chi connectivity index (χ3n) is 2.77. The average molecular weight is 219 g/mol. The van der Waals surface area contributed by atoms with Crippen molar-refractivity contribution in [1.29, 1.82) is 0 Å². The van der Waals surface area contributed by atoms with Crippen LogP contribution in [-0.4, -0.2) is 4.98 Å². The zero-order valence-electron chi connectivity index (χ0n) is 9.34. The number of nitrogen functional groups attached to an aromatic ring is 1. The molecule has 4 heteroatoms. The van der Waals surface area contributed by atoms with Gasteiger partial charge in [0.15, 0.2) is 0 Å². The van der Waals surface area contributed by atoms with Gasteiger partial charge in [-0.15, -0.1) is 0 Å². The predicted octanol–water partition coefficient (Wildman–Crippen LogP) is 2.53. The lowest BCUT2D eigenvalue weighted by Gasteiger charge is -2.12. The average Bonchev–Trinajstić information content (AvgIpc) is 2.28. The summed E-state index contributed by atoms with van der Waals surface area (Å²) >= 11 is 0. The number of halogens is 1. The molecule has 0 amide bonds. The monoisotopic (exact) mass is 219 g/mol. The van der Waals surface area contributed by atoms with Gasteiger partial charge in [0.1, 0.15) is 5.82 Å². The Hall–Kier alpha value is -1.68. The van der Waals surface area contributed by atoms with Gasteiger partial charge in [0.05, 0.1) is 11.2 Å². The highest BCUT2D eigenvalue weighted by molar-refractivity contribution is 5.93. The molecule has 84 valence electrons. The van der Waals surface area contributed by atoms with E-state index in [2.05, 4.69) is 10.4 Å². The minimum atomic E-state index is -0.283. The molecule has 0 aliphatic carbocycles. The van der Waals surface area contributed by atoms with E-state index in [1.165, 1.54) is 12.1 Å². The van der Waals surface area contributed by atoms with Crippen LogP contribution in [-0.2, 0) is 6.42 Å². The fraction of sp³-hybridized carbons (Fsp3) is 0.250. The van der Waals surface area contributed by atoms with E-state index in [-0.39, 0.29) is 5.82 Å². The second-order valence-electron chi connectivity index (χ2n) is 3.72. The fourth-order valence-electron chi connectivity index (χ4n) is 1.91. The number of nitrogens with zero attached hydrogens (tertiary/aromatic N) is 1. The van der Waals surface area contributed by atoms with Gasteiger partial charge < -0.3 is 5.43 Å². The summed E-state index contributed by atoms with van der Waals surface area (Å²) in [6.07, 6.45) is 0.827. The lowest BCUT2D eigenvalue weighted by atomic mass is 10.1. The number of hydrogen-bond donors (Lipinski definition) is 2. The maximum atomic E-state index is 13.2. The van der Waals surface area contributed by atoms with Crippen molar-refractivity contribution < 1.29 is 4.39 Å². The van der Waals surface area contributed by atoms with Crippen LogP contribution in [0.15, 0.2) is 18.2 Å². The zero-order valence-corrected chi connectivity index (χ0v) is 9.34. The lowest BCUT2D eigenvalue weighted by Crippen LogP contribution is -2.11. The van der Waals surface area contributed by atoms with Gasteiger partial charge in [-0.2, -0.15) is 0 Å². The first-order chi connectivity index (χ1) is 7.67. The minimum Gasteiger partial charge on any atom is -0.323 e. The van der Waals surface area contributed by atoms with Crippen molar-refractivity contribution in [3.8, 4) is 0 Å². The van der Waals surface area contributed by atoms with Gasteiger partial charge in [-0.1, -0.05) is 6.92 Å². The van der Waals surface area contributed by atoms with Gasteiger partial charge in [0.2, 0.25) is 0 Å². The molecule has 0 aliphatic rings. The highest BCUT2D eigenvalue weighted by Gasteiger charge is 2.10. The van der Waals surface area contributed by atoms with Crippen molar-refractivity contribution in [2.45, 2.75) is 20.3 Å². The van der Waals surface area contributed by atoms with Gasteiger partial charge in [-0.3, -0.25) is 10.8 Å². The SMILES string of the molecule is CCc1nc2ccc(F)cc2c(NN)c1C. The summed E-state index contributed by atoms with van der Waals surface area (Å²) in [6.45, 7) is 3.97. The Labute approximate surface area is 93.5 Å². The molecule has 0 fully saturated rings. The molecule has 0 atom stereocenters. The van der Waals surface area contributed by atoms with E-state index >= 15 is 0 Å². The Bertz CT molecular complexity index is 537. The van der Waals surface area contributed by atoms with Crippen LogP contribution in [0, 0.1) is 12.7 Å². The molecule has 0 spiro atoms. The normalized spacial score (nSPS) is 10.8. The molecule has 0 radical (unpaired) electrons. The predicted molar refractivity (Wildman–Crippen MR) is 63.6 cm³/mol. The maximum absolute atomic E-state index is 13.2. The molecule has 3 nitrogen and oxygen atoms in total. The second-order valence-corrected chi connectivity index (χ2v) is 3.72. The Kier molecular flexibility index (Phi) is 2.75. The number of anilines is 1. The molecule has 1 aromatic carbocycles. The van der Waals surface area contributed by atoms with E-state index in [9.17, 15) is 4.39 Å². The number of aromatic nitrogens is 1. The minimum absolute atomic E-state index is 0.283. The van der Waals surface area contributed by atoms with E-state index in [0.717, 1.165) is 34.3 Å². The van der Waals surface area contributed by atoms with Crippen LogP contribution in [0.3, 0.4) is 0 Å². The number of rotatable bonds is 2. The number of nitrogens with one attached hydrogen (secondary N) is 1. The van der Waals surface area contributed by atoms with Crippen LogP contribution >= 0.6 is 0 Å². The van der Waals surface area contributed by atoms with Crippen molar-refractivity contribution in [3.05, 3.63) is 35.3 Å². The van der Waals surface area contributed by atoms with E-state index < -0.39 is 0 Å². The number of nitrogens with two attached hydrogens (primary N) is 1. The summed E-state index contributed by atoms with van der Waals surface area (Å²) in [5.41, 5.74) is 6.10. The lowest BCUT2D eigenvalue weighted by molar-refractivity contribution is 0.629. The van der Waals surface area contributed by atoms with Gasteiger partial charge in [-0.25, -0.2) is 4.39 Å². The molecule has 0 bridgehead atoms. The fourth-order valence-corrected chi connectivity index (χ4v) is 1.91. The van der Waals surface area contributed by atoms with Crippen LogP contribution in [0.5, 0.6) is 0 Å². The molecule has 2 rings (SSSR count). The van der Waals surface area contributed by atoms with Crippen LogP contribution < -0.4 is 11.3 Å². The molecule has 2 aromatic rings. The second kappa shape index (κ2) is 4.06. The Morgan fingerprint density at radius 1 is 1.44 bits per heavy atom. The largest absolute Gasteiger partial charge is 0.323 e. The summed E-state index contributed by atoms with van der Waals surface area (Å²) in [5, 5.41) is 0.720. The van der Waals surface area contributed by atoms with Gasteiger partial charge in [-0.05, 0) is 37.1 Å². The molecule has 0 saturated carbocycles. The van der Waals surface area contributed by atoms with Crippen molar-refractivity contribution in [1.82, 2.24) is 4.98 Å². The van der Waals surface area contributed by atoms with E-state index in [0.29, 0.717) is 0 Å². The third kappa shape index (κ3) is 1.61. The quantitative estimate of drug-likeness (QED) is 0.602. The molecule has 0 unspecified atom stereocenters. The highest BCUT2D eigenvalue weighted by Crippen LogP contribution is 2.28. The van der Waals surface area contributed by atoms with Crippen LogP contribution in [0.25, 0.3) is 10.9 Å². The zero-order chi connectivity index (χ0) is 11.7. The molecule has 3 N–H and O–H groups in total. The number of fused-ring (bicyclic) bond motifs is 1. The summed E-state index contributed by atoms with van der Waals surface area (Å²) in [7, 11) is 0. The first kappa shape index (κ1) is 10.8. The number of pyridine rings is 1. The van der Waals surface area contributed by atoms with Crippen molar-refractivity contribution in [2.75, 3.05) is 5.43 Å². The Morgan fingerprint density at radius 2 is 2.19 bits per heavy atom. The van der Waals surface area contributed by atoms with E-state index in [4.69, 9.17) is 5.84 Å². The van der Waals surface area contributed by atoms with Crippen molar-refractivity contribution in [3.63, 3.8) is 0 Å². The molecule has 16 heavy (non-hydrogen) atoms. The summed E-state index contributed by atoms with van der Waals surface area (Å²) in [6, 6.07) is 4.53. The topological polar surface area (TPSA) is 50.9 Å². The molecule has 0 saturated heterocycles. The number of benzene rings is 1. The van der Waals surface area contributed by atoms with Crippen LogP contribution in [0.2, 0.25) is 0 Å². The van der Waals surface area contributed by atoms with Crippen molar-refractivity contribution >= 4 is 16.6 Å². The molecule has 1 heterocycles. The highest BCUT2D eigenvalue weighted by atomic mass is 19.1. The first-order valence-electron chi connectivity index (χ1n) is 5.22. The summed E-state index contributed by atoms with van der Waals surface area (Å²) in [4.78, 5) is 4.48. The van der Waals surface area contributed by atoms with E-state index in [1.807, 2.05) is 13.8 Å². The van der Waals surface area contributed by atoms with Gasteiger partial charge >= 0.3 is 0 Å². The van der Waals surface area contributed by atoms with Gasteiger partial charge in [0.25, 0.3) is 0 Å².